The Morgan fingerprint density at radius 2 is 2.25 bits per heavy atom. The highest BCUT2D eigenvalue weighted by Crippen LogP contribution is 2.12. The number of hydrogen-bond acceptors (Lipinski definition) is 5. The highest BCUT2D eigenvalue weighted by molar-refractivity contribution is 7.80. The quantitative estimate of drug-likeness (QED) is 0.590. The molecule has 0 radical (unpaired) electrons. The molecule has 0 amide bonds. The molecule has 0 unspecified atom stereocenters. The van der Waals surface area contributed by atoms with Crippen molar-refractivity contribution in [1.29, 1.82) is 0 Å². The van der Waals surface area contributed by atoms with Gasteiger partial charge in [-0.25, -0.2) is 0 Å². The van der Waals surface area contributed by atoms with Gasteiger partial charge in [0.05, 0.1) is 24.5 Å². The van der Waals surface area contributed by atoms with Crippen LogP contribution in [0.4, 0.5) is 0 Å². The Balaban J connectivity index is 2.50. The van der Waals surface area contributed by atoms with E-state index in [1.807, 2.05) is 13.8 Å². The van der Waals surface area contributed by atoms with Gasteiger partial charge in [0.2, 0.25) is 5.88 Å². The van der Waals surface area contributed by atoms with E-state index in [0.29, 0.717) is 24.7 Å². The van der Waals surface area contributed by atoms with Crippen molar-refractivity contribution in [2.45, 2.75) is 20.0 Å². The Bertz CT molecular complexity index is 358. The molecule has 5 nitrogen and oxygen atoms in total. The summed E-state index contributed by atoms with van der Waals surface area (Å²) in [6.07, 6.45) is 1.70. The van der Waals surface area contributed by atoms with Crippen LogP contribution in [0.25, 0.3) is 0 Å². The van der Waals surface area contributed by atoms with Crippen molar-refractivity contribution in [3.05, 3.63) is 17.8 Å². The van der Waals surface area contributed by atoms with Crippen LogP contribution >= 0.6 is 12.2 Å². The monoisotopic (exact) mass is 241 g/mol. The zero-order valence-corrected chi connectivity index (χ0v) is 10.2. The van der Waals surface area contributed by atoms with Gasteiger partial charge >= 0.3 is 0 Å². The molecule has 2 N–H and O–H groups in total. The molecule has 0 atom stereocenters. The maximum atomic E-state index is 5.52. The van der Waals surface area contributed by atoms with E-state index in [0.717, 1.165) is 0 Å². The fourth-order valence-electron chi connectivity index (χ4n) is 1.04. The molecule has 88 valence electrons. The van der Waals surface area contributed by atoms with Gasteiger partial charge in [0.15, 0.2) is 0 Å². The van der Waals surface area contributed by atoms with Crippen molar-refractivity contribution in [3.63, 3.8) is 0 Å². The van der Waals surface area contributed by atoms with Crippen molar-refractivity contribution in [2.75, 3.05) is 13.2 Å². The molecule has 1 rings (SSSR count). The van der Waals surface area contributed by atoms with Crippen LogP contribution in [-0.2, 0) is 4.74 Å². The van der Waals surface area contributed by atoms with Gasteiger partial charge in [-0.3, -0.25) is 0 Å². The first-order chi connectivity index (χ1) is 7.61. The van der Waals surface area contributed by atoms with E-state index >= 15 is 0 Å². The van der Waals surface area contributed by atoms with E-state index in [-0.39, 0.29) is 11.1 Å². The predicted molar refractivity (Wildman–Crippen MR) is 64.5 cm³/mol. The summed E-state index contributed by atoms with van der Waals surface area (Å²) < 4.78 is 10.7. The molecule has 0 aliphatic heterocycles. The van der Waals surface area contributed by atoms with Gasteiger partial charge in [-0.15, -0.1) is 5.10 Å². The van der Waals surface area contributed by atoms with Crippen molar-refractivity contribution in [2.24, 2.45) is 5.73 Å². The molecule has 0 aromatic carbocycles. The fourth-order valence-corrected chi connectivity index (χ4v) is 1.19. The number of hydrogen-bond donors (Lipinski definition) is 1. The number of rotatable bonds is 6. The van der Waals surface area contributed by atoms with Crippen LogP contribution < -0.4 is 10.5 Å². The van der Waals surface area contributed by atoms with Gasteiger partial charge in [-0.1, -0.05) is 12.2 Å². The van der Waals surface area contributed by atoms with Gasteiger partial charge in [-0.05, 0) is 19.9 Å². The molecule has 0 aliphatic rings. The van der Waals surface area contributed by atoms with Gasteiger partial charge in [0.25, 0.3) is 0 Å². The fraction of sp³-hybridized carbons (Fsp3) is 0.500. The third-order valence-corrected chi connectivity index (χ3v) is 1.95. The molecule has 1 aromatic heterocycles. The molecule has 0 fully saturated rings. The number of nitrogens with zero attached hydrogens (tertiary/aromatic N) is 2. The Labute approximate surface area is 100.0 Å². The summed E-state index contributed by atoms with van der Waals surface area (Å²) in [5, 5.41) is 7.53. The number of aromatic nitrogens is 2. The number of nitrogens with two attached hydrogens (primary N) is 1. The first-order valence-electron chi connectivity index (χ1n) is 4.97. The largest absolute Gasteiger partial charge is 0.474 e. The van der Waals surface area contributed by atoms with Gasteiger partial charge in [-0.2, -0.15) is 5.10 Å². The van der Waals surface area contributed by atoms with Gasteiger partial charge in [0.1, 0.15) is 11.6 Å². The zero-order chi connectivity index (χ0) is 12.0. The van der Waals surface area contributed by atoms with E-state index < -0.39 is 0 Å². The van der Waals surface area contributed by atoms with Crippen molar-refractivity contribution < 1.29 is 9.47 Å². The van der Waals surface area contributed by atoms with Crippen LogP contribution in [0.1, 0.15) is 19.4 Å². The van der Waals surface area contributed by atoms with E-state index in [4.69, 9.17) is 27.4 Å². The third-order valence-electron chi connectivity index (χ3n) is 1.73. The lowest BCUT2D eigenvalue weighted by molar-refractivity contribution is 0.0540. The summed E-state index contributed by atoms with van der Waals surface area (Å²) in [6, 6.07) is 1.67. The van der Waals surface area contributed by atoms with Crippen LogP contribution in [-0.4, -0.2) is 34.5 Å². The lowest BCUT2D eigenvalue weighted by atomic mass is 10.3. The molecular formula is C10H15N3O2S. The van der Waals surface area contributed by atoms with Gasteiger partial charge in [0, 0.05) is 0 Å². The minimum atomic E-state index is 0.181. The smallest absolute Gasteiger partial charge is 0.243 e. The molecule has 0 spiro atoms. The zero-order valence-electron chi connectivity index (χ0n) is 9.34. The summed E-state index contributed by atoms with van der Waals surface area (Å²) in [6.45, 7) is 4.81. The SMILES string of the molecule is CC(C)OCCOc1nnccc1C(N)=S. The molecule has 0 saturated carbocycles. The van der Waals surface area contributed by atoms with E-state index in [1.54, 1.807) is 6.07 Å². The third kappa shape index (κ3) is 4.08. The second-order valence-electron chi connectivity index (χ2n) is 3.38. The molecule has 1 aromatic rings. The summed E-state index contributed by atoms with van der Waals surface area (Å²) in [4.78, 5) is 0.245. The molecule has 1 heterocycles. The summed E-state index contributed by atoms with van der Waals surface area (Å²) in [5.41, 5.74) is 6.11. The Hall–Kier alpha value is -1.27. The van der Waals surface area contributed by atoms with Crippen LogP contribution in [0.3, 0.4) is 0 Å². The molecular weight excluding hydrogens is 226 g/mol. The van der Waals surface area contributed by atoms with Crippen molar-refractivity contribution in [1.82, 2.24) is 10.2 Å². The van der Waals surface area contributed by atoms with Crippen LogP contribution in [0.15, 0.2) is 12.3 Å². The Morgan fingerprint density at radius 1 is 1.50 bits per heavy atom. The average Bonchev–Trinajstić information content (AvgIpc) is 2.24. The normalized spacial score (nSPS) is 10.4. The second kappa shape index (κ2) is 6.34. The number of thiocarbonyl (C=S) groups is 1. The number of ether oxygens (including phenoxy) is 2. The van der Waals surface area contributed by atoms with Crippen molar-refractivity contribution >= 4 is 17.2 Å². The standard InChI is InChI=1S/C10H15N3O2S/c1-7(2)14-5-6-15-10-8(9(11)16)3-4-12-13-10/h3-4,7H,5-6H2,1-2H3,(H2,11,16). The van der Waals surface area contributed by atoms with E-state index in [1.165, 1.54) is 6.20 Å². The summed E-state index contributed by atoms with van der Waals surface area (Å²) >= 11 is 4.87. The highest BCUT2D eigenvalue weighted by Gasteiger charge is 2.07. The van der Waals surface area contributed by atoms with Gasteiger partial charge < -0.3 is 15.2 Å². The molecule has 0 aliphatic carbocycles. The second-order valence-corrected chi connectivity index (χ2v) is 3.82. The first-order valence-corrected chi connectivity index (χ1v) is 5.38. The molecule has 6 heteroatoms. The van der Waals surface area contributed by atoms with Crippen LogP contribution in [0.2, 0.25) is 0 Å². The predicted octanol–water partition coefficient (Wildman–Crippen LogP) is 0.915. The maximum Gasteiger partial charge on any atom is 0.243 e. The topological polar surface area (TPSA) is 70.3 Å². The van der Waals surface area contributed by atoms with Crippen LogP contribution in [0, 0.1) is 0 Å². The minimum Gasteiger partial charge on any atom is -0.474 e. The van der Waals surface area contributed by atoms with E-state index in [9.17, 15) is 0 Å². The minimum absolute atomic E-state index is 0.181. The lowest BCUT2D eigenvalue weighted by Crippen LogP contribution is -2.16. The molecule has 16 heavy (non-hydrogen) atoms. The first kappa shape index (κ1) is 12.8. The molecule has 0 bridgehead atoms. The Morgan fingerprint density at radius 3 is 2.88 bits per heavy atom. The van der Waals surface area contributed by atoms with Crippen LogP contribution in [0.5, 0.6) is 5.88 Å². The van der Waals surface area contributed by atoms with E-state index in [2.05, 4.69) is 10.2 Å². The summed E-state index contributed by atoms with van der Waals surface area (Å²) in [5.74, 6) is 0.349. The highest BCUT2D eigenvalue weighted by atomic mass is 32.1. The molecule has 0 saturated heterocycles. The summed E-state index contributed by atoms with van der Waals surface area (Å²) in [7, 11) is 0. The van der Waals surface area contributed by atoms with Crippen molar-refractivity contribution in [3.8, 4) is 5.88 Å². The Kier molecular flexibility index (Phi) is 5.07. The maximum absolute atomic E-state index is 5.52. The lowest BCUT2D eigenvalue weighted by Gasteiger charge is -2.10. The average molecular weight is 241 g/mol.